The molecule has 1 rings (SSSR count). The van der Waals surface area contributed by atoms with Crippen LogP contribution in [0.3, 0.4) is 0 Å². The third-order valence-corrected chi connectivity index (χ3v) is 4.40. The number of nitrogens with zero attached hydrogens (tertiary/aromatic N) is 2. The molecular formula is C11H12BrN3O4S. The van der Waals surface area contributed by atoms with E-state index in [4.69, 9.17) is 5.26 Å². The molecule has 0 aliphatic rings. The largest absolute Gasteiger partial charge is 0.289 e. The maximum Gasteiger partial charge on any atom is 0.289 e. The average Bonchev–Trinajstić information content (AvgIpc) is 2.38. The SMILES string of the molecule is N#CCCCCNS(=O)(=O)c1cc(Br)ccc1[N+](=O)[O-]. The second-order valence-corrected chi connectivity index (χ2v) is 6.53. The molecule has 0 radical (unpaired) electrons. The number of sulfonamides is 1. The quantitative estimate of drug-likeness (QED) is 0.454. The molecule has 7 nitrogen and oxygen atoms in total. The summed E-state index contributed by atoms with van der Waals surface area (Å²) in [7, 11) is -3.95. The van der Waals surface area contributed by atoms with E-state index >= 15 is 0 Å². The third-order valence-electron chi connectivity index (χ3n) is 2.42. The van der Waals surface area contributed by atoms with Crippen molar-refractivity contribution in [3.8, 4) is 6.07 Å². The third kappa shape index (κ3) is 4.56. The second-order valence-electron chi connectivity index (χ2n) is 3.88. The molecule has 0 atom stereocenters. The van der Waals surface area contributed by atoms with Crippen LogP contribution in [-0.4, -0.2) is 19.9 Å². The molecule has 9 heteroatoms. The Labute approximate surface area is 124 Å². The molecule has 0 saturated heterocycles. The minimum Gasteiger partial charge on any atom is -0.258 e. The molecule has 1 aromatic rings. The number of rotatable bonds is 7. The Morgan fingerprint density at radius 2 is 2.10 bits per heavy atom. The molecule has 0 fully saturated rings. The first kappa shape index (κ1) is 16.6. The van der Waals surface area contributed by atoms with Crippen LogP contribution in [0.15, 0.2) is 27.6 Å². The molecule has 1 N–H and O–H groups in total. The molecule has 108 valence electrons. The van der Waals surface area contributed by atoms with Gasteiger partial charge in [0, 0.05) is 23.5 Å². The normalized spacial score (nSPS) is 11.0. The van der Waals surface area contributed by atoms with Crippen LogP contribution in [-0.2, 0) is 10.0 Å². The number of nitrogens with one attached hydrogen (secondary N) is 1. The zero-order valence-corrected chi connectivity index (χ0v) is 12.8. The smallest absolute Gasteiger partial charge is 0.258 e. The molecule has 0 aliphatic carbocycles. The lowest BCUT2D eigenvalue weighted by Crippen LogP contribution is -2.25. The van der Waals surface area contributed by atoms with Crippen LogP contribution in [0.25, 0.3) is 0 Å². The van der Waals surface area contributed by atoms with Crippen molar-refractivity contribution < 1.29 is 13.3 Å². The van der Waals surface area contributed by atoms with E-state index in [2.05, 4.69) is 20.7 Å². The molecule has 0 heterocycles. The van der Waals surface area contributed by atoms with Crippen molar-refractivity contribution in [2.24, 2.45) is 0 Å². The monoisotopic (exact) mass is 361 g/mol. The molecule has 0 bridgehead atoms. The van der Waals surface area contributed by atoms with Crippen molar-refractivity contribution in [1.29, 1.82) is 5.26 Å². The average molecular weight is 362 g/mol. The van der Waals surface area contributed by atoms with Crippen LogP contribution in [0.1, 0.15) is 19.3 Å². The minimum atomic E-state index is -3.95. The number of nitriles is 1. The summed E-state index contributed by atoms with van der Waals surface area (Å²) in [5.74, 6) is 0. The minimum absolute atomic E-state index is 0.133. The van der Waals surface area contributed by atoms with Gasteiger partial charge in [-0.1, -0.05) is 15.9 Å². The predicted octanol–water partition coefficient (Wildman–Crippen LogP) is 2.33. The molecule has 1 aromatic carbocycles. The van der Waals surface area contributed by atoms with Crippen molar-refractivity contribution in [3.05, 3.63) is 32.8 Å². The van der Waals surface area contributed by atoms with Gasteiger partial charge in [-0.15, -0.1) is 0 Å². The van der Waals surface area contributed by atoms with Crippen LogP contribution >= 0.6 is 15.9 Å². The Morgan fingerprint density at radius 3 is 2.70 bits per heavy atom. The summed E-state index contributed by atoms with van der Waals surface area (Å²) in [5.41, 5.74) is -0.474. The highest BCUT2D eigenvalue weighted by Gasteiger charge is 2.25. The lowest BCUT2D eigenvalue weighted by molar-refractivity contribution is -0.387. The van der Waals surface area contributed by atoms with Crippen LogP contribution < -0.4 is 4.72 Å². The van der Waals surface area contributed by atoms with Crippen molar-refractivity contribution in [2.45, 2.75) is 24.2 Å². The van der Waals surface area contributed by atoms with Crippen LogP contribution in [0.4, 0.5) is 5.69 Å². The fourth-order valence-corrected chi connectivity index (χ4v) is 3.25. The Balaban J connectivity index is 2.89. The predicted molar refractivity (Wildman–Crippen MR) is 75.4 cm³/mol. The summed E-state index contributed by atoms with van der Waals surface area (Å²) in [6, 6.07) is 5.69. The highest BCUT2D eigenvalue weighted by atomic mass is 79.9. The number of hydrogen-bond donors (Lipinski definition) is 1. The first-order valence-electron chi connectivity index (χ1n) is 5.69. The van der Waals surface area contributed by atoms with Crippen molar-refractivity contribution in [2.75, 3.05) is 6.54 Å². The van der Waals surface area contributed by atoms with E-state index < -0.39 is 20.6 Å². The molecule has 0 aliphatic heterocycles. The van der Waals surface area contributed by atoms with E-state index in [1.807, 2.05) is 6.07 Å². The summed E-state index contributed by atoms with van der Waals surface area (Å²) in [5, 5.41) is 19.2. The Hall–Kier alpha value is -1.50. The van der Waals surface area contributed by atoms with Gasteiger partial charge in [-0.3, -0.25) is 10.1 Å². The fourth-order valence-electron chi connectivity index (χ4n) is 1.47. The molecule has 0 unspecified atom stereocenters. The lowest BCUT2D eigenvalue weighted by atomic mass is 10.2. The van der Waals surface area contributed by atoms with Crippen molar-refractivity contribution >= 4 is 31.6 Å². The molecule has 0 amide bonds. The van der Waals surface area contributed by atoms with Crippen LogP contribution in [0.2, 0.25) is 0 Å². The van der Waals surface area contributed by atoms with E-state index in [1.54, 1.807) is 0 Å². The topological polar surface area (TPSA) is 113 Å². The number of nitro benzene ring substituents is 1. The Bertz CT molecular complexity index is 640. The maximum atomic E-state index is 12.0. The Kier molecular flexibility index (Phi) is 6.06. The zero-order chi connectivity index (χ0) is 15.2. The number of unbranched alkanes of at least 4 members (excludes halogenated alkanes) is 2. The van der Waals surface area contributed by atoms with Gasteiger partial charge in [-0.2, -0.15) is 5.26 Å². The van der Waals surface area contributed by atoms with E-state index in [1.165, 1.54) is 12.1 Å². The summed E-state index contributed by atoms with van der Waals surface area (Å²) in [4.78, 5) is 9.74. The number of nitro groups is 1. The fraction of sp³-hybridized carbons (Fsp3) is 0.364. The molecule has 0 saturated carbocycles. The maximum absolute atomic E-state index is 12.0. The lowest BCUT2D eigenvalue weighted by Gasteiger charge is -2.07. The summed E-state index contributed by atoms with van der Waals surface area (Å²) in [6.45, 7) is 0.133. The second kappa shape index (κ2) is 7.33. The van der Waals surface area contributed by atoms with Gasteiger partial charge < -0.3 is 0 Å². The first-order valence-corrected chi connectivity index (χ1v) is 7.96. The van der Waals surface area contributed by atoms with E-state index in [0.29, 0.717) is 23.7 Å². The Morgan fingerprint density at radius 1 is 1.40 bits per heavy atom. The zero-order valence-electron chi connectivity index (χ0n) is 10.4. The van der Waals surface area contributed by atoms with Gasteiger partial charge >= 0.3 is 0 Å². The van der Waals surface area contributed by atoms with Gasteiger partial charge in [0.15, 0.2) is 4.90 Å². The van der Waals surface area contributed by atoms with Gasteiger partial charge in [0.05, 0.1) is 11.0 Å². The van der Waals surface area contributed by atoms with Gasteiger partial charge in [0.25, 0.3) is 5.69 Å². The summed E-state index contributed by atoms with van der Waals surface area (Å²) < 4.78 is 26.8. The van der Waals surface area contributed by atoms with E-state index in [9.17, 15) is 18.5 Å². The van der Waals surface area contributed by atoms with E-state index in [0.717, 1.165) is 6.07 Å². The van der Waals surface area contributed by atoms with Crippen LogP contribution in [0.5, 0.6) is 0 Å². The van der Waals surface area contributed by atoms with Gasteiger partial charge in [-0.05, 0) is 25.0 Å². The van der Waals surface area contributed by atoms with Gasteiger partial charge in [0.2, 0.25) is 10.0 Å². The molecule has 0 aromatic heterocycles. The molecule has 0 spiro atoms. The van der Waals surface area contributed by atoms with Crippen molar-refractivity contribution in [3.63, 3.8) is 0 Å². The molecule has 20 heavy (non-hydrogen) atoms. The number of halogens is 1. The van der Waals surface area contributed by atoms with Gasteiger partial charge in [0.1, 0.15) is 0 Å². The van der Waals surface area contributed by atoms with Crippen LogP contribution in [0, 0.1) is 21.4 Å². The molecular weight excluding hydrogens is 350 g/mol. The first-order chi connectivity index (χ1) is 9.38. The summed E-state index contributed by atoms with van der Waals surface area (Å²) in [6.07, 6.45) is 1.41. The standard InChI is InChI=1S/C11H12BrN3O4S/c12-9-4-5-10(15(16)17)11(8-9)20(18,19)14-7-3-1-2-6-13/h4-5,8,14H,1-3,7H2. The highest BCUT2D eigenvalue weighted by Crippen LogP contribution is 2.26. The summed E-state index contributed by atoms with van der Waals surface area (Å²) >= 11 is 3.09. The van der Waals surface area contributed by atoms with E-state index in [-0.39, 0.29) is 11.4 Å². The number of benzene rings is 1. The van der Waals surface area contributed by atoms with Gasteiger partial charge in [-0.25, -0.2) is 13.1 Å². The number of hydrogen-bond acceptors (Lipinski definition) is 5. The van der Waals surface area contributed by atoms with Crippen molar-refractivity contribution in [1.82, 2.24) is 4.72 Å². The highest BCUT2D eigenvalue weighted by molar-refractivity contribution is 9.10.